The van der Waals surface area contributed by atoms with Crippen molar-refractivity contribution in [2.75, 3.05) is 13.2 Å². The van der Waals surface area contributed by atoms with E-state index in [1.165, 1.54) is 11.1 Å². The molecule has 3 heteroatoms. The van der Waals surface area contributed by atoms with Crippen molar-refractivity contribution in [1.29, 1.82) is 0 Å². The molecule has 0 radical (unpaired) electrons. The minimum absolute atomic E-state index is 0.181. The average Bonchev–Trinajstić information content (AvgIpc) is 3.13. The fraction of sp³-hybridized carbons (Fsp3) is 0.444. The molecule has 1 N–H and O–H groups in total. The molecule has 1 atom stereocenters. The Labute approximate surface area is 126 Å². The molecule has 0 fully saturated rings. The van der Waals surface area contributed by atoms with Gasteiger partial charge in [0, 0.05) is 19.0 Å². The molecule has 1 aliphatic carbocycles. The smallest absolute Gasteiger partial charge is 0.118 e. The summed E-state index contributed by atoms with van der Waals surface area (Å²) < 4.78 is 5.83. The SMILES string of the molecule is CCc1ccc(CN(CCO)C2CCc3ccccc32)o1. The van der Waals surface area contributed by atoms with Crippen LogP contribution in [0.5, 0.6) is 0 Å². The summed E-state index contributed by atoms with van der Waals surface area (Å²) >= 11 is 0. The van der Waals surface area contributed by atoms with Crippen molar-refractivity contribution in [2.24, 2.45) is 0 Å². The van der Waals surface area contributed by atoms with Gasteiger partial charge in [0.1, 0.15) is 11.5 Å². The Kier molecular flexibility index (Phi) is 4.42. The molecule has 3 nitrogen and oxygen atoms in total. The minimum atomic E-state index is 0.181. The standard InChI is InChI=1S/C18H23NO2/c1-2-15-8-9-16(21-15)13-19(11-12-20)18-10-7-14-5-3-4-6-17(14)18/h3-6,8-9,18,20H,2,7,10-13H2,1H3. The molecule has 0 amide bonds. The maximum absolute atomic E-state index is 9.40. The first-order valence-electron chi connectivity index (χ1n) is 7.82. The molecule has 1 heterocycles. The second kappa shape index (κ2) is 6.46. The van der Waals surface area contributed by atoms with Gasteiger partial charge in [-0.05, 0) is 36.1 Å². The Balaban J connectivity index is 1.79. The second-order valence-corrected chi connectivity index (χ2v) is 5.67. The number of benzene rings is 1. The predicted molar refractivity (Wildman–Crippen MR) is 83.1 cm³/mol. The van der Waals surface area contributed by atoms with Crippen LogP contribution in [0.4, 0.5) is 0 Å². The third-order valence-electron chi connectivity index (χ3n) is 4.35. The van der Waals surface area contributed by atoms with E-state index in [9.17, 15) is 5.11 Å². The highest BCUT2D eigenvalue weighted by molar-refractivity contribution is 5.34. The van der Waals surface area contributed by atoms with Crippen LogP contribution in [-0.4, -0.2) is 23.2 Å². The lowest BCUT2D eigenvalue weighted by atomic mass is 10.1. The van der Waals surface area contributed by atoms with E-state index in [2.05, 4.69) is 48.2 Å². The average molecular weight is 285 g/mol. The number of hydrogen-bond acceptors (Lipinski definition) is 3. The fourth-order valence-electron chi connectivity index (χ4n) is 3.28. The summed E-state index contributed by atoms with van der Waals surface area (Å²) in [4.78, 5) is 2.34. The topological polar surface area (TPSA) is 36.6 Å². The third-order valence-corrected chi connectivity index (χ3v) is 4.35. The molecule has 1 aromatic carbocycles. The van der Waals surface area contributed by atoms with Gasteiger partial charge in [-0.1, -0.05) is 31.2 Å². The molecule has 0 bridgehead atoms. The van der Waals surface area contributed by atoms with Crippen molar-refractivity contribution < 1.29 is 9.52 Å². The minimum Gasteiger partial charge on any atom is -0.465 e. The van der Waals surface area contributed by atoms with Crippen LogP contribution in [-0.2, 0) is 19.4 Å². The number of hydrogen-bond donors (Lipinski definition) is 1. The second-order valence-electron chi connectivity index (χ2n) is 5.67. The molecule has 1 unspecified atom stereocenters. The zero-order valence-corrected chi connectivity index (χ0v) is 12.6. The Morgan fingerprint density at radius 2 is 2.00 bits per heavy atom. The zero-order valence-electron chi connectivity index (χ0n) is 12.6. The summed E-state index contributed by atoms with van der Waals surface area (Å²) in [7, 11) is 0. The van der Waals surface area contributed by atoms with Crippen molar-refractivity contribution in [1.82, 2.24) is 4.90 Å². The number of nitrogens with zero attached hydrogens (tertiary/aromatic N) is 1. The highest BCUT2D eigenvalue weighted by atomic mass is 16.3. The van der Waals surface area contributed by atoms with Crippen LogP contribution in [0.25, 0.3) is 0 Å². The first kappa shape index (κ1) is 14.4. The number of aliphatic hydroxyl groups is 1. The predicted octanol–water partition coefficient (Wildman–Crippen LogP) is 3.32. The van der Waals surface area contributed by atoms with Gasteiger partial charge in [-0.25, -0.2) is 0 Å². The summed E-state index contributed by atoms with van der Waals surface area (Å²) in [6, 6.07) is 13.2. The Bertz CT molecular complexity index is 590. The van der Waals surface area contributed by atoms with Gasteiger partial charge in [0.2, 0.25) is 0 Å². The fourth-order valence-corrected chi connectivity index (χ4v) is 3.28. The molecule has 1 aromatic heterocycles. The van der Waals surface area contributed by atoms with E-state index >= 15 is 0 Å². The van der Waals surface area contributed by atoms with E-state index < -0.39 is 0 Å². The van der Waals surface area contributed by atoms with Crippen molar-refractivity contribution >= 4 is 0 Å². The lowest BCUT2D eigenvalue weighted by Crippen LogP contribution is -2.29. The van der Waals surface area contributed by atoms with Crippen LogP contribution >= 0.6 is 0 Å². The molecule has 1 aliphatic rings. The van der Waals surface area contributed by atoms with Crippen LogP contribution in [0.2, 0.25) is 0 Å². The van der Waals surface area contributed by atoms with Crippen LogP contribution in [0.15, 0.2) is 40.8 Å². The summed E-state index contributed by atoms with van der Waals surface area (Å²) in [5.41, 5.74) is 2.85. The summed E-state index contributed by atoms with van der Waals surface area (Å²) in [6.07, 6.45) is 3.17. The zero-order chi connectivity index (χ0) is 14.7. The molecule has 0 aliphatic heterocycles. The number of rotatable bonds is 6. The van der Waals surface area contributed by atoms with E-state index in [1.807, 2.05) is 0 Å². The van der Waals surface area contributed by atoms with Gasteiger partial charge in [-0.3, -0.25) is 4.90 Å². The van der Waals surface area contributed by atoms with Crippen LogP contribution in [0.1, 0.15) is 42.0 Å². The molecule has 0 saturated carbocycles. The molecular weight excluding hydrogens is 262 g/mol. The Morgan fingerprint density at radius 3 is 2.76 bits per heavy atom. The maximum Gasteiger partial charge on any atom is 0.118 e. The monoisotopic (exact) mass is 285 g/mol. The molecule has 2 aromatic rings. The first-order valence-corrected chi connectivity index (χ1v) is 7.82. The molecule has 0 spiro atoms. The normalized spacial score (nSPS) is 17.4. The van der Waals surface area contributed by atoms with E-state index in [0.717, 1.165) is 37.3 Å². The first-order chi connectivity index (χ1) is 10.3. The van der Waals surface area contributed by atoms with Gasteiger partial charge in [-0.2, -0.15) is 0 Å². The van der Waals surface area contributed by atoms with Gasteiger partial charge in [0.25, 0.3) is 0 Å². The highest BCUT2D eigenvalue weighted by Crippen LogP contribution is 2.36. The summed E-state index contributed by atoms with van der Waals surface area (Å²) in [5, 5.41) is 9.40. The number of fused-ring (bicyclic) bond motifs is 1. The van der Waals surface area contributed by atoms with Crippen LogP contribution in [0, 0.1) is 0 Å². The van der Waals surface area contributed by atoms with Crippen molar-refractivity contribution in [2.45, 2.75) is 38.8 Å². The number of furan rings is 1. The van der Waals surface area contributed by atoms with Gasteiger partial charge < -0.3 is 9.52 Å². The third kappa shape index (κ3) is 3.04. The van der Waals surface area contributed by atoms with E-state index in [4.69, 9.17) is 4.42 Å². The quantitative estimate of drug-likeness (QED) is 0.884. The van der Waals surface area contributed by atoms with Gasteiger partial charge >= 0.3 is 0 Å². The van der Waals surface area contributed by atoms with Crippen molar-refractivity contribution in [3.63, 3.8) is 0 Å². The van der Waals surface area contributed by atoms with Gasteiger partial charge in [-0.15, -0.1) is 0 Å². The molecule has 0 saturated heterocycles. The molecule has 112 valence electrons. The Morgan fingerprint density at radius 1 is 1.19 bits per heavy atom. The van der Waals surface area contributed by atoms with E-state index in [0.29, 0.717) is 12.6 Å². The molecule has 3 rings (SSSR count). The van der Waals surface area contributed by atoms with Gasteiger partial charge in [0.05, 0.1) is 13.2 Å². The molecular formula is C18H23NO2. The highest BCUT2D eigenvalue weighted by Gasteiger charge is 2.27. The van der Waals surface area contributed by atoms with Gasteiger partial charge in [0.15, 0.2) is 0 Å². The van der Waals surface area contributed by atoms with Crippen molar-refractivity contribution in [3.05, 3.63) is 59.0 Å². The Hall–Kier alpha value is -1.58. The number of aryl methyl sites for hydroxylation is 2. The molecule has 21 heavy (non-hydrogen) atoms. The van der Waals surface area contributed by atoms with Crippen molar-refractivity contribution in [3.8, 4) is 0 Å². The lowest BCUT2D eigenvalue weighted by molar-refractivity contribution is 0.133. The lowest BCUT2D eigenvalue weighted by Gasteiger charge is -2.28. The van der Waals surface area contributed by atoms with E-state index in [-0.39, 0.29) is 6.61 Å². The largest absolute Gasteiger partial charge is 0.465 e. The number of aliphatic hydroxyl groups excluding tert-OH is 1. The van der Waals surface area contributed by atoms with Crippen LogP contribution < -0.4 is 0 Å². The summed E-state index contributed by atoms with van der Waals surface area (Å²) in [5.74, 6) is 2.02. The van der Waals surface area contributed by atoms with E-state index in [1.54, 1.807) is 0 Å². The summed E-state index contributed by atoms with van der Waals surface area (Å²) in [6.45, 7) is 3.72. The maximum atomic E-state index is 9.40. The van der Waals surface area contributed by atoms with Crippen LogP contribution in [0.3, 0.4) is 0 Å².